The largest absolute Gasteiger partial charge is 0.493 e. The maximum Gasteiger partial charge on any atom is 0.326 e. The Balaban J connectivity index is 2.94. The molecule has 0 saturated heterocycles. The Morgan fingerprint density at radius 1 is 1.39 bits per heavy atom. The van der Waals surface area contributed by atoms with Crippen molar-refractivity contribution < 1.29 is 24.2 Å². The lowest BCUT2D eigenvalue weighted by Crippen LogP contribution is -2.45. The van der Waals surface area contributed by atoms with Crippen LogP contribution in [0.2, 0.25) is 0 Å². The van der Waals surface area contributed by atoms with Crippen LogP contribution >= 0.6 is 0 Å². The van der Waals surface area contributed by atoms with Crippen molar-refractivity contribution in [3.05, 3.63) is 36.4 Å². The number of carbonyl (C=O) groups excluding carboxylic acids is 1. The van der Waals surface area contributed by atoms with Gasteiger partial charge in [0.05, 0.1) is 7.11 Å². The average Bonchev–Trinajstić information content (AvgIpc) is 2.56. The molecule has 1 aromatic carbocycles. The summed E-state index contributed by atoms with van der Waals surface area (Å²) in [5.41, 5.74) is 0.308. The summed E-state index contributed by atoms with van der Waals surface area (Å²) >= 11 is 0. The standard InChI is InChI=1S/C17H23NO5/c1-5-9-23-13-8-7-12(10-14(13)22-4)16(19)18-15(17(20)21)11(3)6-2/h5,7-8,10-11,15H,1,6,9H2,2-4H3,(H,18,19)(H,20,21)/t11-,15-/m0/s1. The molecule has 23 heavy (non-hydrogen) atoms. The highest BCUT2D eigenvalue weighted by molar-refractivity contribution is 5.97. The smallest absolute Gasteiger partial charge is 0.326 e. The van der Waals surface area contributed by atoms with E-state index in [1.807, 2.05) is 6.92 Å². The van der Waals surface area contributed by atoms with Crippen molar-refractivity contribution >= 4 is 11.9 Å². The summed E-state index contributed by atoms with van der Waals surface area (Å²) in [5, 5.41) is 11.8. The lowest BCUT2D eigenvalue weighted by molar-refractivity contribution is -0.140. The van der Waals surface area contributed by atoms with E-state index in [4.69, 9.17) is 9.47 Å². The fourth-order valence-corrected chi connectivity index (χ4v) is 1.98. The molecule has 0 saturated carbocycles. The van der Waals surface area contributed by atoms with Gasteiger partial charge in [-0.25, -0.2) is 4.79 Å². The number of methoxy groups -OCH3 is 1. The number of carboxylic acid groups (broad SMARTS) is 1. The minimum Gasteiger partial charge on any atom is -0.493 e. The Hall–Kier alpha value is -2.50. The zero-order valence-corrected chi connectivity index (χ0v) is 13.7. The van der Waals surface area contributed by atoms with Gasteiger partial charge >= 0.3 is 5.97 Å². The topological polar surface area (TPSA) is 84.9 Å². The van der Waals surface area contributed by atoms with Crippen LogP contribution in [-0.2, 0) is 4.79 Å². The van der Waals surface area contributed by atoms with Gasteiger partial charge in [-0.1, -0.05) is 32.9 Å². The summed E-state index contributed by atoms with van der Waals surface area (Å²) in [6, 6.07) is 3.75. The molecule has 0 aliphatic rings. The number of amides is 1. The first-order valence-corrected chi connectivity index (χ1v) is 7.39. The molecule has 0 aliphatic heterocycles. The molecule has 6 nitrogen and oxygen atoms in total. The molecule has 0 radical (unpaired) electrons. The number of hydrogen-bond acceptors (Lipinski definition) is 4. The first-order chi connectivity index (χ1) is 10.9. The molecule has 0 spiro atoms. The second-order valence-electron chi connectivity index (χ2n) is 5.14. The van der Waals surface area contributed by atoms with Gasteiger partial charge in [0.2, 0.25) is 0 Å². The number of hydrogen-bond donors (Lipinski definition) is 2. The minimum absolute atomic E-state index is 0.173. The van der Waals surface area contributed by atoms with Crippen molar-refractivity contribution in [1.82, 2.24) is 5.32 Å². The van der Waals surface area contributed by atoms with Gasteiger partial charge in [-0.3, -0.25) is 4.79 Å². The van der Waals surface area contributed by atoms with Gasteiger partial charge in [-0.05, 0) is 24.1 Å². The summed E-state index contributed by atoms with van der Waals surface area (Å²) in [7, 11) is 1.47. The highest BCUT2D eigenvalue weighted by Gasteiger charge is 2.26. The zero-order valence-electron chi connectivity index (χ0n) is 13.7. The molecule has 2 atom stereocenters. The second-order valence-corrected chi connectivity index (χ2v) is 5.14. The maximum atomic E-state index is 12.3. The summed E-state index contributed by atoms with van der Waals surface area (Å²) in [5.74, 6) is -0.805. The van der Waals surface area contributed by atoms with Crippen molar-refractivity contribution in [2.45, 2.75) is 26.3 Å². The van der Waals surface area contributed by atoms with Crippen LogP contribution in [0.3, 0.4) is 0 Å². The molecule has 126 valence electrons. The van der Waals surface area contributed by atoms with E-state index in [0.29, 0.717) is 30.1 Å². The van der Waals surface area contributed by atoms with Crippen LogP contribution in [0.15, 0.2) is 30.9 Å². The SMILES string of the molecule is C=CCOc1ccc(C(=O)N[C@H](C(=O)O)[C@@H](C)CC)cc1OC. The van der Waals surface area contributed by atoms with Crippen LogP contribution in [0.4, 0.5) is 0 Å². The molecule has 1 amide bonds. The molecular formula is C17H23NO5. The lowest BCUT2D eigenvalue weighted by atomic mass is 9.99. The third kappa shape index (κ3) is 5.02. The molecule has 0 fully saturated rings. The van der Waals surface area contributed by atoms with Crippen molar-refractivity contribution in [3.63, 3.8) is 0 Å². The lowest BCUT2D eigenvalue weighted by Gasteiger charge is -2.20. The van der Waals surface area contributed by atoms with Crippen molar-refractivity contribution in [3.8, 4) is 11.5 Å². The van der Waals surface area contributed by atoms with Crippen LogP contribution in [0.5, 0.6) is 11.5 Å². The van der Waals surface area contributed by atoms with Gasteiger partial charge in [0.25, 0.3) is 5.91 Å². The molecule has 0 heterocycles. The summed E-state index contributed by atoms with van der Waals surface area (Å²) in [4.78, 5) is 23.6. The van der Waals surface area contributed by atoms with Gasteiger partial charge in [0.15, 0.2) is 11.5 Å². The van der Waals surface area contributed by atoms with E-state index in [1.54, 1.807) is 25.1 Å². The Bertz CT molecular complexity index is 570. The summed E-state index contributed by atoms with van der Waals surface area (Å²) in [6.07, 6.45) is 2.25. The Kier molecular flexibility index (Phi) is 7.12. The first kappa shape index (κ1) is 18.5. The molecule has 0 aromatic heterocycles. The zero-order chi connectivity index (χ0) is 17.4. The Morgan fingerprint density at radius 2 is 2.09 bits per heavy atom. The molecule has 1 aromatic rings. The molecule has 6 heteroatoms. The number of rotatable bonds is 9. The van der Waals surface area contributed by atoms with E-state index in [1.165, 1.54) is 13.2 Å². The number of carbonyl (C=O) groups is 2. The monoisotopic (exact) mass is 321 g/mol. The molecule has 2 N–H and O–H groups in total. The predicted octanol–water partition coefficient (Wildman–Crippen LogP) is 2.49. The van der Waals surface area contributed by atoms with Gasteiger partial charge in [-0.15, -0.1) is 0 Å². The number of ether oxygens (including phenoxy) is 2. The number of aliphatic carboxylic acids is 1. The quantitative estimate of drug-likeness (QED) is 0.683. The van der Waals surface area contributed by atoms with Crippen LogP contribution in [-0.4, -0.2) is 36.7 Å². The molecular weight excluding hydrogens is 298 g/mol. The number of benzene rings is 1. The normalized spacial score (nSPS) is 12.8. The van der Waals surface area contributed by atoms with Crippen molar-refractivity contribution in [1.29, 1.82) is 0 Å². The maximum absolute atomic E-state index is 12.3. The Morgan fingerprint density at radius 3 is 2.61 bits per heavy atom. The summed E-state index contributed by atoms with van der Waals surface area (Å²) < 4.78 is 10.6. The van der Waals surface area contributed by atoms with E-state index in [0.717, 1.165) is 0 Å². The van der Waals surface area contributed by atoms with E-state index < -0.39 is 17.9 Å². The fourth-order valence-electron chi connectivity index (χ4n) is 1.98. The van der Waals surface area contributed by atoms with E-state index in [-0.39, 0.29) is 5.92 Å². The van der Waals surface area contributed by atoms with E-state index >= 15 is 0 Å². The number of carboxylic acids is 1. The van der Waals surface area contributed by atoms with Crippen molar-refractivity contribution in [2.24, 2.45) is 5.92 Å². The molecule has 0 unspecified atom stereocenters. The van der Waals surface area contributed by atoms with Crippen LogP contribution in [0, 0.1) is 5.92 Å². The summed E-state index contributed by atoms with van der Waals surface area (Å²) in [6.45, 7) is 7.54. The van der Waals surface area contributed by atoms with Crippen LogP contribution in [0.25, 0.3) is 0 Å². The highest BCUT2D eigenvalue weighted by atomic mass is 16.5. The van der Waals surface area contributed by atoms with Gasteiger partial charge in [0.1, 0.15) is 12.6 Å². The average molecular weight is 321 g/mol. The first-order valence-electron chi connectivity index (χ1n) is 7.39. The number of nitrogens with one attached hydrogen (secondary N) is 1. The van der Waals surface area contributed by atoms with Crippen molar-refractivity contribution in [2.75, 3.05) is 13.7 Å². The molecule has 0 aliphatic carbocycles. The van der Waals surface area contributed by atoms with Crippen LogP contribution < -0.4 is 14.8 Å². The highest BCUT2D eigenvalue weighted by Crippen LogP contribution is 2.28. The van der Waals surface area contributed by atoms with Gasteiger partial charge < -0.3 is 19.9 Å². The minimum atomic E-state index is -1.05. The van der Waals surface area contributed by atoms with Gasteiger partial charge in [-0.2, -0.15) is 0 Å². The van der Waals surface area contributed by atoms with Gasteiger partial charge in [0, 0.05) is 5.56 Å². The van der Waals surface area contributed by atoms with E-state index in [9.17, 15) is 14.7 Å². The third-order valence-electron chi connectivity index (χ3n) is 3.55. The third-order valence-corrected chi connectivity index (χ3v) is 3.55. The van der Waals surface area contributed by atoms with E-state index in [2.05, 4.69) is 11.9 Å². The van der Waals surface area contributed by atoms with Crippen LogP contribution in [0.1, 0.15) is 30.6 Å². The fraction of sp³-hybridized carbons (Fsp3) is 0.412. The second kappa shape index (κ2) is 8.82. The predicted molar refractivity (Wildman–Crippen MR) is 87.0 cm³/mol. The Labute approximate surface area is 136 Å². The molecule has 1 rings (SSSR count). The molecule has 0 bridgehead atoms.